The van der Waals surface area contributed by atoms with Crippen LogP contribution in [0.25, 0.3) is 0 Å². The van der Waals surface area contributed by atoms with Gasteiger partial charge in [-0.25, -0.2) is 0 Å². The monoisotopic (exact) mass is 747 g/mol. The number of likely N-dealkylation sites (tertiary alicyclic amines) is 2. The molecule has 0 aromatic heterocycles. The smallest absolute Gasteiger partial charge is 0.402 e. The van der Waals surface area contributed by atoms with Gasteiger partial charge in [-0.15, -0.1) is 0 Å². The fraction of sp³-hybridized carbons (Fsp3) is 0.613. The molecule has 2 aliphatic heterocycles. The second kappa shape index (κ2) is 20.8. The van der Waals surface area contributed by atoms with Crippen LogP contribution in [0.5, 0.6) is 0 Å². The normalized spacial score (nSPS) is 19.6. The van der Waals surface area contributed by atoms with Gasteiger partial charge in [0.1, 0.15) is 0 Å². The Balaban J connectivity index is 0.000000348. The average molecular weight is 746 g/mol. The Morgan fingerprint density at radius 2 is 1.75 bits per heavy atom. The minimum Gasteiger partial charge on any atom is -0.402 e. The summed E-state index contributed by atoms with van der Waals surface area (Å²) in [4.78, 5) is 14.9. The fourth-order valence-corrected chi connectivity index (χ4v) is 5.34. The molecule has 1 aliphatic carbocycles. The Hall–Kier alpha value is -2.05. The molecule has 1 amide bonds. The van der Waals surface area contributed by atoms with Crippen molar-refractivity contribution in [2.45, 2.75) is 77.7 Å². The van der Waals surface area contributed by atoms with Crippen LogP contribution in [0.15, 0.2) is 41.9 Å². The number of rotatable bonds is 6. The molecule has 3 fully saturated rings. The number of nitrogens with two attached hydrogens (primary N) is 2. The molecule has 223 valence electrons. The van der Waals surface area contributed by atoms with Crippen LogP contribution in [-0.2, 0) is 24.6 Å². The Morgan fingerprint density at radius 1 is 1.10 bits per heavy atom. The molecule has 7 nitrogen and oxygen atoms in total. The quantitative estimate of drug-likeness (QED) is 0.211. The van der Waals surface area contributed by atoms with Crippen molar-refractivity contribution >= 4 is 18.0 Å². The molecule has 0 spiro atoms. The molecule has 3 aliphatic rings. The first kappa shape index (κ1) is 36.0. The molecule has 1 radical (unpaired) electrons. The second-order valence-electron chi connectivity index (χ2n) is 11.1. The van der Waals surface area contributed by atoms with Crippen molar-refractivity contribution in [3.8, 4) is 6.07 Å². The Labute approximate surface area is 260 Å². The molecule has 0 bridgehead atoms. The third-order valence-electron chi connectivity index (χ3n) is 7.73. The number of allylic oxidation sites excluding steroid dienone is 3. The van der Waals surface area contributed by atoms with Crippen LogP contribution in [-0.4, -0.2) is 55.0 Å². The first-order valence-electron chi connectivity index (χ1n) is 14.4. The fourth-order valence-electron chi connectivity index (χ4n) is 5.17. The second-order valence-corrected chi connectivity index (χ2v) is 11.5. The van der Waals surface area contributed by atoms with Gasteiger partial charge < -0.3 is 26.6 Å². The summed E-state index contributed by atoms with van der Waals surface area (Å²) in [6, 6.07) is 10.0. The first-order valence-corrected chi connectivity index (χ1v) is 14.8. The van der Waals surface area contributed by atoms with E-state index in [0.717, 1.165) is 42.9 Å². The molecule has 0 unspecified atom stereocenters. The van der Waals surface area contributed by atoms with E-state index in [4.69, 9.17) is 28.3 Å². The summed E-state index contributed by atoms with van der Waals surface area (Å²) >= 11 is 5.57. The number of hydrogen-bond donors (Lipinski definition) is 3. The van der Waals surface area contributed by atoms with Crippen LogP contribution in [0, 0.1) is 29.2 Å². The van der Waals surface area contributed by atoms with Crippen molar-refractivity contribution in [3.63, 3.8) is 0 Å². The zero-order valence-corrected chi connectivity index (χ0v) is 27.5. The number of amides is 1. The van der Waals surface area contributed by atoms with Crippen LogP contribution in [0.3, 0.4) is 0 Å². The Morgan fingerprint density at radius 3 is 2.27 bits per heavy atom. The van der Waals surface area contributed by atoms with E-state index < -0.39 is 0 Å². The maximum Gasteiger partial charge on any atom is 1.00 e. The van der Waals surface area contributed by atoms with Crippen LogP contribution in [0.2, 0.25) is 5.02 Å². The summed E-state index contributed by atoms with van der Waals surface area (Å²) in [7, 11) is 0. The number of benzene rings is 1. The summed E-state index contributed by atoms with van der Waals surface area (Å²) in [6.07, 6.45) is 16.2. The van der Waals surface area contributed by atoms with Crippen LogP contribution in [0.4, 0.5) is 0 Å². The van der Waals surface area contributed by atoms with E-state index in [0.29, 0.717) is 16.6 Å². The van der Waals surface area contributed by atoms with E-state index >= 15 is 0 Å². The van der Waals surface area contributed by atoms with E-state index in [9.17, 15) is 4.79 Å². The van der Waals surface area contributed by atoms with Gasteiger partial charge in [-0.05, 0) is 88.1 Å². The zero-order valence-electron chi connectivity index (χ0n) is 24.2. The number of hydrogen-bond acceptors (Lipinski definition) is 6. The summed E-state index contributed by atoms with van der Waals surface area (Å²) in [6.45, 7) is 10.3. The summed E-state index contributed by atoms with van der Waals surface area (Å²) in [5.74, 6) is 2.62. The van der Waals surface area contributed by atoms with Gasteiger partial charge in [0.05, 0.1) is 11.9 Å². The van der Waals surface area contributed by atoms with Gasteiger partial charge in [-0.3, -0.25) is 4.79 Å². The first-order chi connectivity index (χ1) is 18.8. The predicted molar refractivity (Wildman–Crippen MR) is 160 cm³/mol. The van der Waals surface area contributed by atoms with Gasteiger partial charge in [0, 0.05) is 31.4 Å². The largest absolute Gasteiger partial charge is 1.00 e. The van der Waals surface area contributed by atoms with Crippen LogP contribution in [0.1, 0.15) is 77.2 Å². The molecule has 1 saturated carbocycles. The van der Waals surface area contributed by atoms with E-state index in [1.165, 1.54) is 77.4 Å². The van der Waals surface area contributed by atoms with E-state index in [-0.39, 0.29) is 19.8 Å². The number of piperidine rings is 2. The molecular weight excluding hydrogens is 698 g/mol. The van der Waals surface area contributed by atoms with Crippen LogP contribution >= 0.6 is 11.6 Å². The molecule has 1 aromatic carbocycles. The molecule has 4 rings (SSSR count). The molecule has 1 aromatic rings. The molecule has 2 heterocycles. The van der Waals surface area contributed by atoms with Crippen molar-refractivity contribution in [2.75, 3.05) is 32.7 Å². The SMILES string of the molecule is C/C(N)=C/C=C(\N)N1CCC(CN2CCC(C)CC2)CC1.N#Cc1cc[c-]cc1Cl.O=CNC1CCCCC1.[Os+]. The van der Waals surface area contributed by atoms with E-state index in [2.05, 4.69) is 28.1 Å². The summed E-state index contributed by atoms with van der Waals surface area (Å²) < 4.78 is 0. The van der Waals surface area contributed by atoms with Gasteiger partial charge in [-0.1, -0.05) is 31.2 Å². The van der Waals surface area contributed by atoms with Crippen LogP contribution < -0.4 is 16.8 Å². The van der Waals surface area contributed by atoms with E-state index in [1.54, 1.807) is 18.2 Å². The maximum absolute atomic E-state index is 9.96. The van der Waals surface area contributed by atoms with E-state index in [1.807, 2.05) is 25.1 Å². The van der Waals surface area contributed by atoms with Crippen molar-refractivity contribution in [1.82, 2.24) is 15.1 Å². The minimum atomic E-state index is 0. The van der Waals surface area contributed by atoms with Crippen molar-refractivity contribution in [1.29, 1.82) is 5.26 Å². The number of carbonyl (C=O) groups excluding carboxylic acids is 1. The van der Waals surface area contributed by atoms with Gasteiger partial charge in [0.15, 0.2) is 0 Å². The maximum atomic E-state index is 9.96. The van der Waals surface area contributed by atoms with Gasteiger partial charge in [-0.2, -0.15) is 41.1 Å². The molecule has 9 heteroatoms. The summed E-state index contributed by atoms with van der Waals surface area (Å²) in [5, 5.41) is 11.6. The van der Waals surface area contributed by atoms with Gasteiger partial charge in [0.2, 0.25) is 6.41 Å². The van der Waals surface area contributed by atoms with Gasteiger partial charge >= 0.3 is 19.8 Å². The van der Waals surface area contributed by atoms with Gasteiger partial charge in [0.25, 0.3) is 0 Å². The zero-order chi connectivity index (χ0) is 28.5. The van der Waals surface area contributed by atoms with Crippen molar-refractivity contribution in [2.24, 2.45) is 23.3 Å². The minimum absolute atomic E-state index is 0. The van der Waals surface area contributed by atoms with Crippen molar-refractivity contribution < 1.29 is 24.6 Å². The molecular formula is C31H48ClN6OOs. The third kappa shape index (κ3) is 14.5. The third-order valence-corrected chi connectivity index (χ3v) is 8.04. The number of nitrogens with one attached hydrogen (secondary N) is 1. The topological polar surface area (TPSA) is 111 Å². The average Bonchev–Trinajstić information content (AvgIpc) is 2.95. The summed E-state index contributed by atoms with van der Waals surface area (Å²) in [5.41, 5.74) is 13.1. The number of nitrogens with zero attached hydrogens (tertiary/aromatic N) is 3. The number of nitriles is 1. The number of carbonyl (C=O) groups is 1. The predicted octanol–water partition coefficient (Wildman–Crippen LogP) is 5.17. The standard InChI is InChI=1S/C17H32N4.C7H3ClN.C7H13NO.Os/c1-14-5-9-20(10-6-14)13-16-7-11-21(12-8-16)17(19)4-3-15(2)18;8-7-4-2-1-3-6(7)5-9;9-6-8-7-4-2-1-3-5-7;/h3-4,14,16H,5-13,18-19H2,1-2H3;1,3-4H;6-7H,1-5H2,(H,8,9);/q;-1;;+1/b15-3-,17-4+;;;. The molecule has 0 atom stereocenters. The number of halogens is 1. The molecule has 2 saturated heterocycles. The Kier molecular flexibility index (Phi) is 18.7. The molecule has 5 N–H and O–H groups in total. The Bertz CT molecular complexity index is 939. The van der Waals surface area contributed by atoms with Crippen molar-refractivity contribution in [3.05, 3.63) is 58.5 Å². The molecule has 40 heavy (non-hydrogen) atoms.